The number of ether oxygens (including phenoxy) is 1. The number of amides is 3. The molecule has 3 amide bonds. The van der Waals surface area contributed by atoms with Crippen molar-refractivity contribution in [3.05, 3.63) is 90.5 Å². The van der Waals surface area contributed by atoms with E-state index in [1.165, 1.54) is 29.4 Å². The van der Waals surface area contributed by atoms with Gasteiger partial charge < -0.3 is 25.2 Å². The number of fused-ring (bicyclic) bond motifs is 1. The number of rotatable bonds is 7. The van der Waals surface area contributed by atoms with Crippen LogP contribution in [0.25, 0.3) is 33.4 Å². The number of halogens is 1. The number of nitrogens with zero attached hydrogens (tertiary/aromatic N) is 5. The molecule has 0 unspecified atom stereocenters. The SMILES string of the molecule is CN(C)C(=O)c1ccc(NC(=O)Nc2ccc(-c3nc(N4CCOCC4)c4cc(F)c(-c5cncc(S(C)(=O)=O)c5)cc4n3)cc2)cc1. The second kappa shape index (κ2) is 13.3. The molecule has 5 aromatic rings. The lowest BCUT2D eigenvalue weighted by Crippen LogP contribution is -2.37. The molecule has 48 heavy (non-hydrogen) atoms. The molecule has 1 aliphatic rings. The molecular formula is C34H32FN7O5S. The number of urea groups is 1. The van der Waals surface area contributed by atoms with Crippen molar-refractivity contribution in [3.8, 4) is 22.5 Å². The van der Waals surface area contributed by atoms with Gasteiger partial charge in [-0.05, 0) is 66.7 Å². The van der Waals surface area contributed by atoms with Gasteiger partial charge >= 0.3 is 6.03 Å². The van der Waals surface area contributed by atoms with Gasteiger partial charge in [0.2, 0.25) is 0 Å². The van der Waals surface area contributed by atoms with Gasteiger partial charge in [0.25, 0.3) is 5.91 Å². The Morgan fingerprint density at radius 3 is 2.15 bits per heavy atom. The Balaban J connectivity index is 1.29. The number of carbonyl (C=O) groups excluding carboxylic acids is 2. The molecule has 2 aromatic heterocycles. The number of hydrogen-bond donors (Lipinski definition) is 2. The van der Waals surface area contributed by atoms with Gasteiger partial charge in [-0.3, -0.25) is 9.78 Å². The van der Waals surface area contributed by atoms with E-state index in [0.29, 0.717) is 76.9 Å². The third-order valence-corrected chi connectivity index (χ3v) is 8.80. The summed E-state index contributed by atoms with van der Waals surface area (Å²) in [4.78, 5) is 41.9. The van der Waals surface area contributed by atoms with Crippen LogP contribution in [0, 0.1) is 5.82 Å². The summed E-state index contributed by atoms with van der Waals surface area (Å²) in [6, 6.07) is 17.4. The largest absolute Gasteiger partial charge is 0.378 e. The molecule has 246 valence electrons. The molecule has 1 aliphatic heterocycles. The lowest BCUT2D eigenvalue weighted by Gasteiger charge is -2.29. The zero-order valence-electron chi connectivity index (χ0n) is 26.4. The normalized spacial score (nSPS) is 13.3. The Bertz CT molecular complexity index is 2120. The molecule has 0 radical (unpaired) electrons. The summed E-state index contributed by atoms with van der Waals surface area (Å²) < 4.78 is 45.4. The number of anilines is 3. The van der Waals surface area contributed by atoms with Crippen LogP contribution in [0.4, 0.5) is 26.4 Å². The Labute approximate surface area is 276 Å². The van der Waals surface area contributed by atoms with Crippen LogP contribution in [0.1, 0.15) is 10.4 Å². The van der Waals surface area contributed by atoms with Gasteiger partial charge in [-0.25, -0.2) is 27.6 Å². The number of morpholine rings is 1. The van der Waals surface area contributed by atoms with E-state index in [0.717, 1.165) is 6.26 Å². The van der Waals surface area contributed by atoms with Crippen molar-refractivity contribution in [1.29, 1.82) is 0 Å². The second-order valence-corrected chi connectivity index (χ2v) is 13.5. The number of pyridine rings is 1. The molecule has 0 atom stereocenters. The maximum Gasteiger partial charge on any atom is 0.323 e. The Morgan fingerprint density at radius 2 is 1.52 bits per heavy atom. The smallest absolute Gasteiger partial charge is 0.323 e. The van der Waals surface area contributed by atoms with Crippen molar-refractivity contribution in [2.24, 2.45) is 0 Å². The number of carbonyl (C=O) groups is 2. The van der Waals surface area contributed by atoms with E-state index in [-0.39, 0.29) is 16.4 Å². The van der Waals surface area contributed by atoms with Crippen LogP contribution < -0.4 is 15.5 Å². The molecule has 3 aromatic carbocycles. The fourth-order valence-corrected chi connectivity index (χ4v) is 5.81. The number of aromatic nitrogens is 3. The van der Waals surface area contributed by atoms with Crippen molar-refractivity contribution in [3.63, 3.8) is 0 Å². The second-order valence-electron chi connectivity index (χ2n) is 11.4. The Hall–Kier alpha value is -5.47. The van der Waals surface area contributed by atoms with Gasteiger partial charge in [0.15, 0.2) is 15.7 Å². The number of hydrogen-bond acceptors (Lipinski definition) is 9. The average molecular weight is 670 g/mol. The van der Waals surface area contributed by atoms with Crippen LogP contribution in [-0.4, -0.2) is 86.9 Å². The molecule has 1 fully saturated rings. The first-order valence-corrected chi connectivity index (χ1v) is 16.8. The predicted octanol–water partition coefficient (Wildman–Crippen LogP) is 5.08. The number of nitrogens with one attached hydrogen (secondary N) is 2. The molecule has 14 heteroatoms. The highest BCUT2D eigenvalue weighted by Gasteiger charge is 2.21. The standard InChI is InChI=1S/C34H32FN7O5S/c1-41(2)33(43)22-6-10-25(11-7-22)38-34(44)37-24-8-4-21(5-9-24)31-39-30-18-27(23-16-26(20-36-19-23)48(3,45)46)29(35)17-28(30)32(40-31)42-12-14-47-15-13-42/h4-11,16-20H,12-15H2,1-3H3,(H2,37,38,44). The summed E-state index contributed by atoms with van der Waals surface area (Å²) in [5.74, 6) is 0.231. The summed E-state index contributed by atoms with van der Waals surface area (Å²) in [5.41, 5.74) is 3.13. The molecule has 3 heterocycles. The van der Waals surface area contributed by atoms with Gasteiger partial charge in [-0.1, -0.05) is 0 Å². The average Bonchev–Trinajstić information content (AvgIpc) is 3.08. The van der Waals surface area contributed by atoms with Crippen molar-refractivity contribution in [2.45, 2.75) is 4.90 Å². The van der Waals surface area contributed by atoms with Crippen LogP contribution in [0.15, 0.2) is 84.0 Å². The highest BCUT2D eigenvalue weighted by Crippen LogP contribution is 2.34. The minimum atomic E-state index is -3.56. The molecule has 12 nitrogen and oxygen atoms in total. The molecule has 0 aliphatic carbocycles. The van der Waals surface area contributed by atoms with Gasteiger partial charge in [-0.15, -0.1) is 0 Å². The van der Waals surface area contributed by atoms with Crippen LogP contribution in [0.3, 0.4) is 0 Å². The maximum atomic E-state index is 15.6. The maximum absolute atomic E-state index is 15.6. The fraction of sp³-hybridized carbons (Fsp3) is 0.206. The van der Waals surface area contributed by atoms with Crippen molar-refractivity contribution in [1.82, 2.24) is 19.9 Å². The van der Waals surface area contributed by atoms with Gasteiger partial charge in [0.1, 0.15) is 11.6 Å². The minimum absolute atomic E-state index is 0.0198. The van der Waals surface area contributed by atoms with E-state index in [1.54, 1.807) is 68.7 Å². The molecule has 1 saturated heterocycles. The molecule has 0 bridgehead atoms. The van der Waals surface area contributed by atoms with Crippen LogP contribution >= 0.6 is 0 Å². The van der Waals surface area contributed by atoms with Gasteiger partial charge in [-0.2, -0.15) is 0 Å². The van der Waals surface area contributed by atoms with Gasteiger partial charge in [0.05, 0.1) is 23.6 Å². The predicted molar refractivity (Wildman–Crippen MR) is 181 cm³/mol. The minimum Gasteiger partial charge on any atom is -0.378 e. The van der Waals surface area contributed by atoms with E-state index < -0.39 is 21.7 Å². The van der Waals surface area contributed by atoms with E-state index >= 15 is 4.39 Å². The summed E-state index contributed by atoms with van der Waals surface area (Å²) in [6.45, 7) is 2.10. The monoisotopic (exact) mass is 669 g/mol. The third kappa shape index (κ3) is 7.09. The summed E-state index contributed by atoms with van der Waals surface area (Å²) in [7, 11) is -0.221. The van der Waals surface area contributed by atoms with Crippen molar-refractivity contribution < 1.29 is 27.1 Å². The summed E-state index contributed by atoms with van der Waals surface area (Å²) in [5, 5.41) is 6.04. The fourth-order valence-electron chi connectivity index (χ4n) is 5.22. The van der Waals surface area contributed by atoms with E-state index in [2.05, 4.69) is 15.6 Å². The highest BCUT2D eigenvalue weighted by atomic mass is 32.2. The van der Waals surface area contributed by atoms with Crippen LogP contribution in [-0.2, 0) is 14.6 Å². The van der Waals surface area contributed by atoms with E-state index in [9.17, 15) is 18.0 Å². The van der Waals surface area contributed by atoms with Crippen LogP contribution in [0.5, 0.6) is 0 Å². The van der Waals surface area contributed by atoms with E-state index in [1.807, 2.05) is 4.90 Å². The first-order chi connectivity index (χ1) is 23.0. The van der Waals surface area contributed by atoms with E-state index in [4.69, 9.17) is 14.7 Å². The number of benzene rings is 3. The lowest BCUT2D eigenvalue weighted by molar-refractivity contribution is 0.0827. The summed E-state index contributed by atoms with van der Waals surface area (Å²) in [6.07, 6.45) is 3.71. The molecule has 2 N–H and O–H groups in total. The quantitative estimate of drug-likeness (QED) is 0.242. The third-order valence-electron chi connectivity index (χ3n) is 7.72. The highest BCUT2D eigenvalue weighted by molar-refractivity contribution is 7.90. The molecule has 0 saturated carbocycles. The zero-order chi connectivity index (χ0) is 34.0. The molecule has 6 rings (SSSR count). The molecule has 0 spiro atoms. The topological polar surface area (TPSA) is 147 Å². The van der Waals surface area contributed by atoms with Crippen molar-refractivity contribution >= 4 is 49.9 Å². The van der Waals surface area contributed by atoms with Crippen LogP contribution in [0.2, 0.25) is 0 Å². The first kappa shape index (κ1) is 32.5. The summed E-state index contributed by atoms with van der Waals surface area (Å²) >= 11 is 0. The Morgan fingerprint density at radius 1 is 0.875 bits per heavy atom. The van der Waals surface area contributed by atoms with Gasteiger partial charge in [0, 0.05) is 84.8 Å². The number of sulfone groups is 1. The first-order valence-electron chi connectivity index (χ1n) is 15.0. The zero-order valence-corrected chi connectivity index (χ0v) is 27.2. The Kier molecular flexibility index (Phi) is 9.02. The lowest BCUT2D eigenvalue weighted by atomic mass is 10.0. The van der Waals surface area contributed by atoms with Crippen molar-refractivity contribution in [2.75, 3.05) is 62.2 Å². The molecular weight excluding hydrogens is 637 g/mol.